The summed E-state index contributed by atoms with van der Waals surface area (Å²) >= 11 is 0. The van der Waals surface area contributed by atoms with E-state index in [9.17, 15) is 9.59 Å². The fourth-order valence-corrected chi connectivity index (χ4v) is 2.05. The van der Waals surface area contributed by atoms with E-state index in [0.717, 1.165) is 6.42 Å². The van der Waals surface area contributed by atoms with Crippen molar-refractivity contribution < 1.29 is 19.1 Å². The largest absolute Gasteiger partial charge is 0.479 e. The molecule has 0 fully saturated rings. The molecule has 0 aliphatic heterocycles. The molecule has 0 aromatic heterocycles. The van der Waals surface area contributed by atoms with E-state index in [2.05, 4.69) is 13.8 Å². The molecule has 0 radical (unpaired) electrons. The van der Waals surface area contributed by atoms with Crippen LogP contribution in [0.2, 0.25) is 0 Å². The van der Waals surface area contributed by atoms with Crippen LogP contribution in [0, 0.1) is 5.92 Å². The van der Waals surface area contributed by atoms with Crippen LogP contribution in [0.15, 0.2) is 24.3 Å². The van der Waals surface area contributed by atoms with Crippen molar-refractivity contribution in [2.24, 2.45) is 5.92 Å². The summed E-state index contributed by atoms with van der Waals surface area (Å²) in [5, 5.41) is 0. The molecule has 0 bridgehead atoms. The van der Waals surface area contributed by atoms with Gasteiger partial charge in [0.2, 0.25) is 0 Å². The molecule has 4 nitrogen and oxygen atoms in total. The third kappa shape index (κ3) is 5.98. The molecule has 2 unspecified atom stereocenters. The maximum absolute atomic E-state index is 11.9. The van der Waals surface area contributed by atoms with Gasteiger partial charge in [-0.2, -0.15) is 0 Å². The smallest absolute Gasteiger partial charge is 0.347 e. The van der Waals surface area contributed by atoms with E-state index in [1.54, 1.807) is 31.2 Å². The summed E-state index contributed by atoms with van der Waals surface area (Å²) in [4.78, 5) is 23.3. The Morgan fingerprint density at radius 2 is 1.81 bits per heavy atom. The molecule has 0 spiro atoms. The highest BCUT2D eigenvalue weighted by Crippen LogP contribution is 2.16. The van der Waals surface area contributed by atoms with Gasteiger partial charge in [-0.3, -0.25) is 4.79 Å². The summed E-state index contributed by atoms with van der Waals surface area (Å²) in [5.74, 6) is 0.526. The number of ether oxygens (including phenoxy) is 2. The average molecular weight is 292 g/mol. The van der Waals surface area contributed by atoms with Gasteiger partial charge in [-0.1, -0.05) is 26.0 Å². The molecule has 0 heterocycles. The summed E-state index contributed by atoms with van der Waals surface area (Å²) in [6.07, 6.45) is -0.0212. The number of hydrogen-bond acceptors (Lipinski definition) is 4. The predicted octanol–water partition coefficient (Wildman–Crippen LogP) is 3.63. The van der Waals surface area contributed by atoms with E-state index in [0.29, 0.717) is 17.2 Å². The number of carbonyl (C=O) groups is 2. The zero-order valence-electron chi connectivity index (χ0n) is 13.4. The number of rotatable bonds is 7. The first kappa shape index (κ1) is 17.2. The number of benzene rings is 1. The predicted molar refractivity (Wildman–Crippen MR) is 81.5 cm³/mol. The molecule has 0 saturated heterocycles. The Kier molecular flexibility index (Phi) is 6.40. The molecular formula is C17H24O4. The standard InChI is InChI=1S/C17H24O4/c1-11(2)9-12(3)20-17(19)14(5)21-16-8-6-7-15(10-16)13(4)18/h6-8,10-12,14H,9H2,1-5H3. The van der Waals surface area contributed by atoms with Gasteiger partial charge < -0.3 is 9.47 Å². The average Bonchev–Trinajstić information content (AvgIpc) is 2.37. The van der Waals surface area contributed by atoms with Crippen LogP contribution in [0.1, 0.15) is 51.4 Å². The maximum Gasteiger partial charge on any atom is 0.347 e. The van der Waals surface area contributed by atoms with Gasteiger partial charge in [-0.25, -0.2) is 4.79 Å². The molecular weight excluding hydrogens is 268 g/mol. The van der Waals surface area contributed by atoms with Gasteiger partial charge in [0.15, 0.2) is 11.9 Å². The first-order chi connectivity index (χ1) is 9.79. The van der Waals surface area contributed by atoms with Gasteiger partial charge in [0.05, 0.1) is 6.10 Å². The fourth-order valence-electron chi connectivity index (χ4n) is 2.05. The van der Waals surface area contributed by atoms with Crippen LogP contribution in [-0.4, -0.2) is 24.0 Å². The summed E-state index contributed by atoms with van der Waals surface area (Å²) in [7, 11) is 0. The molecule has 0 aliphatic carbocycles. The Morgan fingerprint density at radius 3 is 2.38 bits per heavy atom. The Morgan fingerprint density at radius 1 is 1.14 bits per heavy atom. The topological polar surface area (TPSA) is 52.6 Å². The molecule has 4 heteroatoms. The molecule has 116 valence electrons. The second-order valence-electron chi connectivity index (χ2n) is 5.72. The minimum atomic E-state index is -0.707. The summed E-state index contributed by atoms with van der Waals surface area (Å²) in [6, 6.07) is 6.78. The monoisotopic (exact) mass is 292 g/mol. The van der Waals surface area contributed by atoms with Crippen LogP contribution < -0.4 is 4.74 Å². The van der Waals surface area contributed by atoms with E-state index in [-0.39, 0.29) is 11.9 Å². The van der Waals surface area contributed by atoms with Crippen LogP contribution in [0.4, 0.5) is 0 Å². The van der Waals surface area contributed by atoms with Gasteiger partial charge in [0.1, 0.15) is 5.75 Å². The summed E-state index contributed by atoms with van der Waals surface area (Å²) in [5.41, 5.74) is 0.557. The molecule has 1 rings (SSSR count). The Balaban J connectivity index is 2.59. The molecule has 1 aromatic rings. The molecule has 0 saturated carbocycles. The number of esters is 1. The lowest BCUT2D eigenvalue weighted by Crippen LogP contribution is -2.29. The second kappa shape index (κ2) is 7.81. The summed E-state index contributed by atoms with van der Waals surface area (Å²) in [6.45, 7) is 9.17. The maximum atomic E-state index is 11.9. The SMILES string of the molecule is CC(=O)c1cccc(OC(C)C(=O)OC(C)CC(C)C)c1. The molecule has 0 amide bonds. The number of Topliss-reactive ketones (excluding diaryl/α,β-unsaturated/α-hetero) is 1. The van der Waals surface area contributed by atoms with Crippen LogP contribution in [0.3, 0.4) is 0 Å². The molecule has 2 atom stereocenters. The highest BCUT2D eigenvalue weighted by atomic mass is 16.6. The molecule has 0 N–H and O–H groups in total. The van der Waals surface area contributed by atoms with Crippen molar-refractivity contribution in [1.29, 1.82) is 0 Å². The van der Waals surface area contributed by atoms with Crippen LogP contribution in [0.25, 0.3) is 0 Å². The lowest BCUT2D eigenvalue weighted by Gasteiger charge is -2.19. The summed E-state index contributed by atoms with van der Waals surface area (Å²) < 4.78 is 10.9. The van der Waals surface area contributed by atoms with E-state index >= 15 is 0 Å². The van der Waals surface area contributed by atoms with E-state index in [4.69, 9.17) is 9.47 Å². The number of ketones is 1. The molecule has 0 aliphatic rings. The lowest BCUT2D eigenvalue weighted by atomic mass is 10.1. The second-order valence-corrected chi connectivity index (χ2v) is 5.72. The minimum Gasteiger partial charge on any atom is -0.479 e. The Bertz CT molecular complexity index is 493. The van der Waals surface area contributed by atoms with Crippen LogP contribution in [-0.2, 0) is 9.53 Å². The minimum absolute atomic E-state index is 0.0405. The highest BCUT2D eigenvalue weighted by molar-refractivity contribution is 5.94. The van der Waals surface area contributed by atoms with E-state index < -0.39 is 12.1 Å². The van der Waals surface area contributed by atoms with Gasteiger partial charge in [-0.05, 0) is 45.2 Å². The first-order valence-electron chi connectivity index (χ1n) is 7.27. The Hall–Kier alpha value is -1.84. The van der Waals surface area contributed by atoms with Crippen molar-refractivity contribution in [1.82, 2.24) is 0 Å². The first-order valence-corrected chi connectivity index (χ1v) is 7.27. The zero-order chi connectivity index (χ0) is 16.0. The van der Waals surface area contributed by atoms with Gasteiger partial charge >= 0.3 is 5.97 Å². The molecule has 21 heavy (non-hydrogen) atoms. The zero-order valence-corrected chi connectivity index (χ0v) is 13.4. The quantitative estimate of drug-likeness (QED) is 0.569. The van der Waals surface area contributed by atoms with Gasteiger partial charge in [0, 0.05) is 5.56 Å². The van der Waals surface area contributed by atoms with Crippen LogP contribution >= 0.6 is 0 Å². The normalized spacial score (nSPS) is 13.6. The van der Waals surface area contributed by atoms with Gasteiger partial charge in [-0.15, -0.1) is 0 Å². The van der Waals surface area contributed by atoms with Crippen molar-refractivity contribution in [3.63, 3.8) is 0 Å². The number of hydrogen-bond donors (Lipinski definition) is 0. The fraction of sp³-hybridized carbons (Fsp3) is 0.529. The van der Waals surface area contributed by atoms with Crippen molar-refractivity contribution >= 4 is 11.8 Å². The van der Waals surface area contributed by atoms with Crippen LogP contribution in [0.5, 0.6) is 5.75 Å². The van der Waals surface area contributed by atoms with Crippen molar-refractivity contribution in [2.45, 2.75) is 53.2 Å². The lowest BCUT2D eigenvalue weighted by molar-refractivity contribution is -0.156. The van der Waals surface area contributed by atoms with Crippen molar-refractivity contribution in [2.75, 3.05) is 0 Å². The van der Waals surface area contributed by atoms with Crippen molar-refractivity contribution in [3.05, 3.63) is 29.8 Å². The van der Waals surface area contributed by atoms with E-state index in [1.165, 1.54) is 6.92 Å². The third-order valence-electron chi connectivity index (χ3n) is 3.01. The number of carbonyl (C=O) groups excluding carboxylic acids is 2. The van der Waals surface area contributed by atoms with E-state index in [1.807, 2.05) is 6.92 Å². The highest BCUT2D eigenvalue weighted by Gasteiger charge is 2.20. The molecule has 1 aromatic carbocycles. The van der Waals surface area contributed by atoms with Gasteiger partial charge in [0.25, 0.3) is 0 Å². The van der Waals surface area contributed by atoms with Crippen molar-refractivity contribution in [3.8, 4) is 5.75 Å². The Labute approximate surface area is 126 Å². The third-order valence-corrected chi connectivity index (χ3v) is 3.01.